The van der Waals surface area contributed by atoms with Crippen LogP contribution in [0.15, 0.2) is 30.3 Å². The molecular weight excluding hydrogens is 396 g/mol. The molecule has 30 heavy (non-hydrogen) atoms. The number of fused-ring (bicyclic) bond motifs is 4. The predicted molar refractivity (Wildman–Crippen MR) is 120 cm³/mol. The van der Waals surface area contributed by atoms with Gasteiger partial charge >= 0.3 is 5.97 Å². The molecule has 2 saturated heterocycles. The standard InChI is InChI=1S/C24H30N2O3S/c27-24(28)21-20-17-9-6-13-26(15-17)18(12-11-16-7-2-1-3-8-16)22(20)30-23(21)25-19-10-4-5-14-29-19/h1-3,7-8,17-19,25H,4-6,9-15H2,(H,27,28). The van der Waals surface area contributed by atoms with Gasteiger partial charge in [0.05, 0.1) is 5.56 Å². The lowest BCUT2D eigenvalue weighted by molar-refractivity contribution is 0.0344. The molecule has 2 N–H and O–H groups in total. The molecule has 1 aromatic heterocycles. The lowest BCUT2D eigenvalue weighted by Gasteiger charge is -2.43. The SMILES string of the molecule is O=C(O)c1c(NC2CCCCO2)sc2c1C1CCCN(C1)C2CCc1ccccc1. The summed E-state index contributed by atoms with van der Waals surface area (Å²) in [5, 5.41) is 14.4. The summed E-state index contributed by atoms with van der Waals surface area (Å²) in [4.78, 5) is 16.2. The second-order valence-corrected chi connectivity index (χ2v) is 9.82. The maximum atomic E-state index is 12.4. The third-order valence-corrected chi connectivity index (χ3v) is 8.05. The molecule has 0 spiro atoms. The Bertz CT molecular complexity index is 891. The van der Waals surface area contributed by atoms with Gasteiger partial charge in [-0.1, -0.05) is 30.3 Å². The summed E-state index contributed by atoms with van der Waals surface area (Å²) in [6.45, 7) is 2.86. The van der Waals surface area contributed by atoms with Gasteiger partial charge in [-0.05, 0) is 68.5 Å². The number of carboxylic acid groups (broad SMARTS) is 1. The fourth-order valence-electron chi connectivity index (χ4n) is 5.38. The van der Waals surface area contributed by atoms with Crippen LogP contribution in [0.4, 0.5) is 5.00 Å². The Hall–Kier alpha value is -1.89. The number of aromatic carboxylic acids is 1. The van der Waals surface area contributed by atoms with E-state index in [0.717, 1.165) is 75.2 Å². The Kier molecular flexibility index (Phi) is 5.81. The summed E-state index contributed by atoms with van der Waals surface area (Å²) in [7, 11) is 0. The number of nitrogens with one attached hydrogen (secondary N) is 1. The molecule has 0 amide bonds. The molecule has 5 nitrogen and oxygen atoms in total. The second-order valence-electron chi connectivity index (χ2n) is 8.76. The average Bonchev–Trinajstić information content (AvgIpc) is 3.15. The first-order valence-electron chi connectivity index (χ1n) is 11.3. The van der Waals surface area contributed by atoms with Gasteiger partial charge in [-0.15, -0.1) is 11.3 Å². The molecule has 0 saturated carbocycles. The van der Waals surface area contributed by atoms with Gasteiger partial charge in [-0.25, -0.2) is 4.79 Å². The van der Waals surface area contributed by atoms with E-state index in [4.69, 9.17) is 4.74 Å². The van der Waals surface area contributed by atoms with Crippen LogP contribution in [0.1, 0.15) is 76.8 Å². The lowest BCUT2D eigenvalue weighted by Crippen LogP contribution is -2.42. The van der Waals surface area contributed by atoms with Crippen LogP contribution in [0.2, 0.25) is 0 Å². The van der Waals surface area contributed by atoms with Gasteiger partial charge in [-0.3, -0.25) is 4.90 Å². The number of hydrogen-bond donors (Lipinski definition) is 2. The van der Waals surface area contributed by atoms with Crippen LogP contribution in [0.25, 0.3) is 0 Å². The van der Waals surface area contributed by atoms with Gasteiger partial charge in [0, 0.05) is 24.1 Å². The Balaban J connectivity index is 1.48. The van der Waals surface area contributed by atoms with Crippen LogP contribution >= 0.6 is 11.3 Å². The van der Waals surface area contributed by atoms with E-state index < -0.39 is 5.97 Å². The number of rotatable bonds is 6. The van der Waals surface area contributed by atoms with Crippen molar-refractivity contribution in [1.29, 1.82) is 0 Å². The molecule has 4 unspecified atom stereocenters. The second kappa shape index (κ2) is 8.69. The van der Waals surface area contributed by atoms with Crippen LogP contribution in [0, 0.1) is 0 Å². The molecule has 6 heteroatoms. The average molecular weight is 427 g/mol. The van der Waals surface area contributed by atoms with Gasteiger partial charge in [0.1, 0.15) is 11.2 Å². The van der Waals surface area contributed by atoms with Crippen molar-refractivity contribution in [3.05, 3.63) is 51.9 Å². The minimum absolute atomic E-state index is 0.0700. The molecule has 2 fully saturated rings. The first kappa shape index (κ1) is 20.0. The van der Waals surface area contributed by atoms with Gasteiger partial charge in [0.15, 0.2) is 0 Å². The number of hydrogen-bond acceptors (Lipinski definition) is 5. The number of benzene rings is 1. The quantitative estimate of drug-likeness (QED) is 0.660. The predicted octanol–water partition coefficient (Wildman–Crippen LogP) is 5.25. The van der Waals surface area contributed by atoms with E-state index in [0.29, 0.717) is 17.5 Å². The Labute approximate surface area is 182 Å². The third-order valence-electron chi connectivity index (χ3n) is 6.81. The maximum Gasteiger partial charge on any atom is 0.339 e. The summed E-state index contributed by atoms with van der Waals surface area (Å²) >= 11 is 1.67. The zero-order chi connectivity index (χ0) is 20.5. The molecule has 2 aromatic rings. The van der Waals surface area contributed by atoms with Crippen molar-refractivity contribution in [2.45, 2.75) is 63.1 Å². The molecule has 0 aliphatic carbocycles. The number of carboxylic acids is 1. The molecule has 3 aliphatic heterocycles. The summed E-state index contributed by atoms with van der Waals surface area (Å²) < 4.78 is 5.86. The monoisotopic (exact) mass is 426 g/mol. The normalized spacial score (nSPS) is 28.0. The smallest absolute Gasteiger partial charge is 0.339 e. The van der Waals surface area contributed by atoms with E-state index in [1.807, 2.05) is 0 Å². The first-order chi connectivity index (χ1) is 14.7. The zero-order valence-corrected chi connectivity index (χ0v) is 18.1. The van der Waals surface area contributed by atoms with Crippen LogP contribution in [0.3, 0.4) is 0 Å². The van der Waals surface area contributed by atoms with Gasteiger partial charge in [0.2, 0.25) is 0 Å². The number of anilines is 1. The Morgan fingerprint density at radius 2 is 2.07 bits per heavy atom. The number of nitrogens with zero attached hydrogens (tertiary/aromatic N) is 1. The molecule has 5 rings (SSSR count). The largest absolute Gasteiger partial charge is 0.478 e. The highest BCUT2D eigenvalue weighted by molar-refractivity contribution is 7.16. The molecule has 1 aromatic carbocycles. The number of carbonyl (C=O) groups is 1. The van der Waals surface area contributed by atoms with Gasteiger partial charge in [-0.2, -0.15) is 0 Å². The fourth-order valence-corrected chi connectivity index (χ4v) is 6.87. The number of piperidine rings is 1. The summed E-state index contributed by atoms with van der Waals surface area (Å²) in [6, 6.07) is 10.9. The van der Waals surface area contributed by atoms with Crippen molar-refractivity contribution in [3.8, 4) is 0 Å². The van der Waals surface area contributed by atoms with E-state index in [1.165, 1.54) is 10.4 Å². The van der Waals surface area contributed by atoms with E-state index in [9.17, 15) is 9.90 Å². The zero-order valence-electron chi connectivity index (χ0n) is 17.3. The van der Waals surface area contributed by atoms with Crippen LogP contribution in [-0.4, -0.2) is 41.9 Å². The molecule has 3 aliphatic rings. The molecule has 160 valence electrons. The number of thiophene rings is 1. The van der Waals surface area contributed by atoms with E-state index in [2.05, 4.69) is 40.5 Å². The summed E-state index contributed by atoms with van der Waals surface area (Å²) in [6.07, 6.45) is 7.36. The molecular formula is C24H30N2O3S. The van der Waals surface area contributed by atoms with Crippen molar-refractivity contribution < 1.29 is 14.6 Å². The molecule has 4 atom stereocenters. The maximum absolute atomic E-state index is 12.4. The van der Waals surface area contributed by atoms with Crippen molar-refractivity contribution in [1.82, 2.24) is 4.90 Å². The number of aryl methyl sites for hydroxylation is 1. The highest BCUT2D eigenvalue weighted by Crippen LogP contribution is 2.51. The van der Waals surface area contributed by atoms with Crippen molar-refractivity contribution in [3.63, 3.8) is 0 Å². The highest BCUT2D eigenvalue weighted by Gasteiger charge is 2.41. The lowest BCUT2D eigenvalue weighted by atomic mass is 9.81. The van der Waals surface area contributed by atoms with Crippen molar-refractivity contribution >= 4 is 22.3 Å². The van der Waals surface area contributed by atoms with E-state index in [1.54, 1.807) is 11.3 Å². The van der Waals surface area contributed by atoms with Crippen LogP contribution in [-0.2, 0) is 11.2 Å². The van der Waals surface area contributed by atoms with Gasteiger partial charge in [0.25, 0.3) is 0 Å². The number of ether oxygens (including phenoxy) is 1. The molecule has 4 heterocycles. The van der Waals surface area contributed by atoms with Crippen molar-refractivity contribution in [2.24, 2.45) is 0 Å². The van der Waals surface area contributed by atoms with E-state index in [-0.39, 0.29) is 6.23 Å². The Morgan fingerprint density at radius 3 is 2.83 bits per heavy atom. The Morgan fingerprint density at radius 1 is 1.20 bits per heavy atom. The first-order valence-corrected chi connectivity index (χ1v) is 12.1. The van der Waals surface area contributed by atoms with Crippen LogP contribution in [0.5, 0.6) is 0 Å². The minimum Gasteiger partial charge on any atom is -0.478 e. The van der Waals surface area contributed by atoms with Crippen molar-refractivity contribution in [2.75, 3.05) is 25.0 Å². The fraction of sp³-hybridized carbons (Fsp3) is 0.542. The minimum atomic E-state index is -0.799. The van der Waals surface area contributed by atoms with Gasteiger partial charge < -0.3 is 15.2 Å². The molecule has 0 radical (unpaired) electrons. The van der Waals surface area contributed by atoms with E-state index >= 15 is 0 Å². The highest BCUT2D eigenvalue weighted by atomic mass is 32.1. The topological polar surface area (TPSA) is 61.8 Å². The summed E-state index contributed by atoms with van der Waals surface area (Å²) in [5.41, 5.74) is 2.97. The van der Waals surface area contributed by atoms with Crippen LogP contribution < -0.4 is 5.32 Å². The third kappa shape index (κ3) is 3.88. The summed E-state index contributed by atoms with van der Waals surface area (Å²) in [5.74, 6) is -0.460. The molecule has 2 bridgehead atoms.